The van der Waals surface area contributed by atoms with Crippen LogP contribution in [0.4, 0.5) is 0 Å². The number of hydrogen-bond acceptors (Lipinski definition) is 4. The number of benzene rings is 1. The molecule has 194 valence electrons. The Hall–Kier alpha value is -1.13. The maximum Gasteiger partial charge on any atom is 0.222 e. The minimum Gasteiger partial charge on any atom is -0.378 e. The minimum absolute atomic E-state index is 0.172. The van der Waals surface area contributed by atoms with E-state index in [0.29, 0.717) is 26.7 Å². The van der Waals surface area contributed by atoms with Crippen LogP contribution in [0.5, 0.6) is 0 Å². The topological polar surface area (TPSA) is 54.5 Å². The highest BCUT2D eigenvalue weighted by molar-refractivity contribution is 7.32. The first-order chi connectivity index (χ1) is 17.0. The fourth-order valence-electron chi connectivity index (χ4n) is 5.71. The quantitative estimate of drug-likeness (QED) is 0.474. The van der Waals surface area contributed by atoms with Crippen LogP contribution in [0.25, 0.3) is 10.5 Å². The molecule has 2 atom stereocenters. The lowest BCUT2D eigenvalue weighted by molar-refractivity contribution is -0.125. The van der Waals surface area contributed by atoms with Gasteiger partial charge in [-0.25, -0.2) is 4.75 Å². The van der Waals surface area contributed by atoms with Crippen molar-refractivity contribution in [1.29, 1.82) is 0 Å². The largest absolute Gasteiger partial charge is 0.378 e. The van der Waals surface area contributed by atoms with Gasteiger partial charge in [0.05, 0.1) is 18.2 Å². The van der Waals surface area contributed by atoms with Gasteiger partial charge < -0.3 is 15.0 Å². The number of aromatic nitrogens is 1. The predicted octanol–water partition coefficient (Wildman–Crippen LogP) is 6.76. The Bertz CT molecular complexity index is 929. The molecule has 0 radical (unpaired) electrons. The fourth-order valence-corrected chi connectivity index (χ4v) is 7.07. The number of hydrogen-bond donors (Lipinski definition) is 1. The number of carbonyl (C=O) groups excluding carboxylic acids is 1. The van der Waals surface area contributed by atoms with Gasteiger partial charge >= 0.3 is 0 Å². The van der Waals surface area contributed by atoms with E-state index in [1.807, 2.05) is 6.07 Å². The number of likely N-dealkylation sites (tertiary alicyclic amines) is 1. The standard InChI is InChI=1S/C14H18ClN2P.C14H25NO2/c1-2-17-7-5-10(6-8-17)14-12-4-3-11(15)9-13(12)18-16-14;1-11-5-7-12(8-6-11)15-14(16)10-13-4-2-3-9-17-13/h3-4,9-10,18H,2,5-8H2,1H3;11-13H,2-10H2,1H3,(H,15,16). The van der Waals surface area contributed by atoms with Gasteiger partial charge in [0.25, 0.3) is 0 Å². The van der Waals surface area contributed by atoms with Crippen LogP contribution in [0.1, 0.15) is 89.7 Å². The summed E-state index contributed by atoms with van der Waals surface area (Å²) in [5.74, 6) is 1.68. The van der Waals surface area contributed by atoms with Crippen LogP contribution in [0, 0.1) is 5.92 Å². The summed E-state index contributed by atoms with van der Waals surface area (Å²) in [4.78, 5) is 14.4. The van der Waals surface area contributed by atoms with Crippen molar-refractivity contribution in [2.75, 3.05) is 26.2 Å². The van der Waals surface area contributed by atoms with Crippen LogP contribution in [-0.2, 0) is 9.53 Å². The number of nitrogens with one attached hydrogen (secondary N) is 1. The smallest absolute Gasteiger partial charge is 0.222 e. The summed E-state index contributed by atoms with van der Waals surface area (Å²) in [5, 5.41) is 6.68. The molecule has 1 aliphatic carbocycles. The molecule has 5 rings (SSSR count). The third kappa shape index (κ3) is 7.92. The van der Waals surface area contributed by atoms with E-state index in [-0.39, 0.29) is 12.0 Å². The van der Waals surface area contributed by atoms with Gasteiger partial charge in [-0.15, -0.1) is 0 Å². The highest BCUT2D eigenvalue weighted by Gasteiger charge is 2.24. The monoisotopic (exact) mass is 519 g/mol. The van der Waals surface area contributed by atoms with E-state index >= 15 is 0 Å². The number of rotatable bonds is 5. The molecule has 3 aliphatic rings. The van der Waals surface area contributed by atoms with Crippen molar-refractivity contribution >= 4 is 36.4 Å². The molecular weight excluding hydrogens is 477 g/mol. The lowest BCUT2D eigenvalue weighted by Crippen LogP contribution is -2.39. The second kappa shape index (κ2) is 13.4. The van der Waals surface area contributed by atoms with Crippen molar-refractivity contribution < 1.29 is 9.53 Å². The molecule has 1 saturated carbocycles. The molecule has 2 aliphatic heterocycles. The van der Waals surface area contributed by atoms with Gasteiger partial charge in [-0.2, -0.15) is 0 Å². The van der Waals surface area contributed by atoms with Crippen molar-refractivity contribution in [2.45, 2.75) is 96.1 Å². The molecule has 0 spiro atoms. The zero-order chi connectivity index (χ0) is 24.6. The molecular formula is C28H43ClN3O2P. The highest BCUT2D eigenvalue weighted by Crippen LogP contribution is 2.37. The Morgan fingerprint density at radius 3 is 2.60 bits per heavy atom. The normalized spacial score (nSPS) is 26.4. The first-order valence-electron chi connectivity index (χ1n) is 13.8. The molecule has 1 aromatic heterocycles. The predicted molar refractivity (Wildman–Crippen MR) is 148 cm³/mol. The second-order valence-corrected chi connectivity index (χ2v) is 12.1. The first kappa shape index (κ1) is 26.9. The van der Waals surface area contributed by atoms with Gasteiger partial charge in [0.2, 0.25) is 5.91 Å². The molecule has 0 bridgehead atoms. The van der Waals surface area contributed by atoms with Crippen LogP contribution in [0.3, 0.4) is 0 Å². The molecule has 2 saturated heterocycles. The highest BCUT2D eigenvalue weighted by atomic mass is 35.5. The van der Waals surface area contributed by atoms with Crippen molar-refractivity contribution in [3.05, 3.63) is 28.9 Å². The Kier molecular flexibility index (Phi) is 10.3. The average Bonchev–Trinajstić information content (AvgIpc) is 3.29. The summed E-state index contributed by atoms with van der Waals surface area (Å²) in [7, 11) is 0.565. The molecule has 1 N–H and O–H groups in total. The summed E-state index contributed by atoms with van der Waals surface area (Å²) in [6.07, 6.45) is 11.5. The summed E-state index contributed by atoms with van der Waals surface area (Å²) in [6.45, 7) is 8.98. The van der Waals surface area contributed by atoms with Crippen LogP contribution in [-0.4, -0.2) is 53.9 Å². The zero-order valence-corrected chi connectivity index (χ0v) is 23.3. The number of fused-ring (bicyclic) bond motifs is 1. The molecule has 5 nitrogen and oxygen atoms in total. The Morgan fingerprint density at radius 1 is 1.14 bits per heavy atom. The maximum absolute atomic E-state index is 11.9. The Morgan fingerprint density at radius 2 is 1.91 bits per heavy atom. The molecule has 2 unspecified atom stereocenters. The lowest BCUT2D eigenvalue weighted by atomic mass is 9.87. The van der Waals surface area contributed by atoms with Crippen molar-refractivity contribution in [1.82, 2.24) is 15.0 Å². The van der Waals surface area contributed by atoms with E-state index < -0.39 is 0 Å². The van der Waals surface area contributed by atoms with Gasteiger partial charge in [0, 0.05) is 34.1 Å². The summed E-state index contributed by atoms with van der Waals surface area (Å²) in [6, 6.07) is 6.64. The number of carbonyl (C=O) groups is 1. The van der Waals surface area contributed by atoms with Crippen molar-refractivity contribution in [2.24, 2.45) is 5.92 Å². The van der Waals surface area contributed by atoms with E-state index in [9.17, 15) is 4.79 Å². The third-order valence-electron chi connectivity index (χ3n) is 8.04. The van der Waals surface area contributed by atoms with Gasteiger partial charge in [-0.1, -0.05) is 31.5 Å². The maximum atomic E-state index is 11.9. The van der Waals surface area contributed by atoms with Gasteiger partial charge in [0.15, 0.2) is 0 Å². The molecule has 3 fully saturated rings. The van der Waals surface area contributed by atoms with Gasteiger partial charge in [-0.05, 0) is 104 Å². The second-order valence-electron chi connectivity index (χ2n) is 10.7. The molecule has 1 amide bonds. The van der Waals surface area contributed by atoms with Crippen LogP contribution in [0.2, 0.25) is 5.02 Å². The van der Waals surface area contributed by atoms with Crippen LogP contribution in [0.15, 0.2) is 18.2 Å². The molecule has 3 heterocycles. The van der Waals surface area contributed by atoms with E-state index in [2.05, 4.69) is 36.2 Å². The lowest BCUT2D eigenvalue weighted by Gasteiger charge is -2.30. The summed E-state index contributed by atoms with van der Waals surface area (Å²) in [5.41, 5.74) is 1.34. The van der Waals surface area contributed by atoms with E-state index in [0.717, 1.165) is 43.2 Å². The van der Waals surface area contributed by atoms with Crippen LogP contribution < -0.4 is 5.32 Å². The Balaban J connectivity index is 0.000000165. The van der Waals surface area contributed by atoms with E-state index in [1.54, 1.807) is 0 Å². The van der Waals surface area contributed by atoms with Crippen molar-refractivity contribution in [3.63, 3.8) is 0 Å². The van der Waals surface area contributed by atoms with Gasteiger partial charge in [0.1, 0.15) is 0 Å². The van der Waals surface area contributed by atoms with Gasteiger partial charge in [-0.3, -0.25) is 4.79 Å². The molecule has 7 heteroatoms. The number of halogens is 1. The van der Waals surface area contributed by atoms with Crippen molar-refractivity contribution in [3.8, 4) is 0 Å². The summed E-state index contributed by atoms with van der Waals surface area (Å²) >= 11 is 6.04. The molecule has 1 aromatic carbocycles. The molecule has 2 aromatic rings. The number of nitrogens with zero attached hydrogens (tertiary/aromatic N) is 2. The average molecular weight is 520 g/mol. The number of amides is 1. The first-order valence-corrected chi connectivity index (χ1v) is 15.1. The summed E-state index contributed by atoms with van der Waals surface area (Å²) < 4.78 is 10.4. The van der Waals surface area contributed by atoms with E-state index in [4.69, 9.17) is 21.1 Å². The van der Waals surface area contributed by atoms with E-state index in [1.165, 1.54) is 67.9 Å². The molecule has 35 heavy (non-hydrogen) atoms. The number of ether oxygens (including phenoxy) is 1. The minimum atomic E-state index is 0.172. The number of piperidine rings is 1. The fraction of sp³-hybridized carbons (Fsp3) is 0.714. The Labute approximate surface area is 217 Å². The SMILES string of the molecule is CC1CCC(NC(=O)CC2CCCCO2)CC1.CCN1CCC(c2n[pH]c3cc(Cl)ccc23)CC1. The van der Waals surface area contributed by atoms with Crippen LogP contribution >= 0.6 is 20.0 Å². The zero-order valence-electron chi connectivity index (χ0n) is 21.5. The third-order valence-corrected chi connectivity index (χ3v) is 9.29.